The third-order valence-electron chi connectivity index (χ3n) is 4.08. The lowest BCUT2D eigenvalue weighted by Crippen LogP contribution is -2.34. The van der Waals surface area contributed by atoms with Crippen molar-refractivity contribution >= 4 is 28.5 Å². The van der Waals surface area contributed by atoms with Crippen molar-refractivity contribution < 1.29 is 0 Å². The molecule has 1 aliphatic rings. The molecule has 0 fully saturated rings. The lowest BCUT2D eigenvalue weighted by atomic mass is 9.94. The predicted octanol–water partition coefficient (Wildman–Crippen LogP) is 2.91. The average Bonchev–Trinajstić information content (AvgIpc) is 2.93. The Kier molecular flexibility index (Phi) is 3.44. The van der Waals surface area contributed by atoms with Gasteiger partial charge in [-0.25, -0.2) is 9.97 Å². The van der Waals surface area contributed by atoms with Crippen LogP contribution < -0.4 is 10.6 Å². The second-order valence-corrected chi connectivity index (χ2v) is 5.85. The van der Waals surface area contributed by atoms with Crippen LogP contribution in [0.1, 0.15) is 17.2 Å². The summed E-state index contributed by atoms with van der Waals surface area (Å²) in [6, 6.07) is 10.7. The first-order valence-corrected chi connectivity index (χ1v) is 7.73. The number of fused-ring (bicyclic) bond motifs is 2. The van der Waals surface area contributed by atoms with Crippen LogP contribution in [0.15, 0.2) is 36.7 Å². The van der Waals surface area contributed by atoms with Gasteiger partial charge >= 0.3 is 0 Å². The molecule has 4 rings (SSSR count). The molecule has 1 aliphatic heterocycles. The number of rotatable bonds is 3. The van der Waals surface area contributed by atoms with Crippen molar-refractivity contribution in [2.45, 2.75) is 12.5 Å². The topological polar surface area (TPSA) is 65.6 Å². The third kappa shape index (κ3) is 2.42. The van der Waals surface area contributed by atoms with Crippen LogP contribution in [0.5, 0.6) is 0 Å². The summed E-state index contributed by atoms with van der Waals surface area (Å²) in [4.78, 5) is 11.5. The summed E-state index contributed by atoms with van der Waals surface area (Å²) in [7, 11) is 0. The quantitative estimate of drug-likeness (QED) is 0.695. The maximum absolute atomic E-state index is 6.01. The molecule has 1 unspecified atom stereocenters. The highest BCUT2D eigenvalue weighted by molar-refractivity contribution is 6.30. The standard InChI is InChI=1S/C16H16ClN5/c17-14-7-12-15(20-9-21-16(12)22-14)19-8-13-11-4-2-1-3-10(11)5-6-18-13/h1-4,7,9,13,18H,5-6,8H2,(H2,19,20,21,22). The van der Waals surface area contributed by atoms with Gasteiger partial charge in [-0.2, -0.15) is 0 Å². The van der Waals surface area contributed by atoms with E-state index in [0.29, 0.717) is 5.15 Å². The van der Waals surface area contributed by atoms with E-state index in [4.69, 9.17) is 11.6 Å². The normalized spacial score (nSPS) is 17.4. The average molecular weight is 314 g/mol. The molecule has 1 atom stereocenters. The van der Waals surface area contributed by atoms with E-state index in [0.717, 1.165) is 36.4 Å². The number of hydrogen-bond acceptors (Lipinski definition) is 4. The number of H-pyrrole nitrogens is 1. The first-order chi connectivity index (χ1) is 10.8. The van der Waals surface area contributed by atoms with E-state index in [1.807, 2.05) is 6.07 Å². The van der Waals surface area contributed by atoms with Gasteiger partial charge in [-0.1, -0.05) is 35.9 Å². The number of hydrogen-bond donors (Lipinski definition) is 3. The van der Waals surface area contributed by atoms with Gasteiger partial charge in [-0.05, 0) is 30.2 Å². The zero-order valence-corrected chi connectivity index (χ0v) is 12.7. The van der Waals surface area contributed by atoms with Crippen molar-refractivity contribution in [1.29, 1.82) is 0 Å². The van der Waals surface area contributed by atoms with Crippen LogP contribution >= 0.6 is 11.6 Å². The van der Waals surface area contributed by atoms with E-state index in [1.165, 1.54) is 11.1 Å². The lowest BCUT2D eigenvalue weighted by Gasteiger charge is -2.27. The largest absolute Gasteiger partial charge is 0.367 e. The number of halogens is 1. The summed E-state index contributed by atoms with van der Waals surface area (Å²) >= 11 is 6.01. The first-order valence-electron chi connectivity index (χ1n) is 7.35. The fourth-order valence-electron chi connectivity index (χ4n) is 3.02. The molecule has 3 aromatic rings. The summed E-state index contributed by atoms with van der Waals surface area (Å²) in [5.41, 5.74) is 3.53. The fraction of sp³-hybridized carbons (Fsp3) is 0.250. The first kappa shape index (κ1) is 13.5. The van der Waals surface area contributed by atoms with Crippen molar-refractivity contribution in [2.24, 2.45) is 0 Å². The summed E-state index contributed by atoms with van der Waals surface area (Å²) in [6.07, 6.45) is 2.62. The summed E-state index contributed by atoms with van der Waals surface area (Å²) in [5.74, 6) is 0.804. The van der Waals surface area contributed by atoms with Crippen LogP contribution in [0, 0.1) is 0 Å². The Balaban J connectivity index is 1.58. The van der Waals surface area contributed by atoms with Gasteiger partial charge in [0, 0.05) is 12.6 Å². The number of aromatic amines is 1. The number of benzene rings is 1. The highest BCUT2D eigenvalue weighted by Gasteiger charge is 2.19. The van der Waals surface area contributed by atoms with Gasteiger partial charge in [0.05, 0.1) is 5.39 Å². The van der Waals surface area contributed by atoms with Gasteiger partial charge in [0.2, 0.25) is 0 Å². The Hall–Kier alpha value is -2.11. The van der Waals surface area contributed by atoms with E-state index in [-0.39, 0.29) is 6.04 Å². The van der Waals surface area contributed by atoms with Crippen LogP contribution in [0.2, 0.25) is 5.15 Å². The van der Waals surface area contributed by atoms with Gasteiger partial charge in [-0.3, -0.25) is 0 Å². The number of aromatic nitrogens is 3. The maximum atomic E-state index is 6.01. The van der Waals surface area contributed by atoms with Gasteiger partial charge in [-0.15, -0.1) is 0 Å². The van der Waals surface area contributed by atoms with Crippen LogP contribution in [0.3, 0.4) is 0 Å². The molecule has 0 saturated carbocycles. The van der Waals surface area contributed by atoms with Crippen LogP contribution in [-0.4, -0.2) is 28.0 Å². The minimum Gasteiger partial charge on any atom is -0.367 e. The molecule has 22 heavy (non-hydrogen) atoms. The summed E-state index contributed by atoms with van der Waals surface area (Å²) < 4.78 is 0. The summed E-state index contributed by atoms with van der Waals surface area (Å²) in [6.45, 7) is 1.77. The minimum absolute atomic E-state index is 0.282. The third-order valence-corrected chi connectivity index (χ3v) is 4.29. The Morgan fingerprint density at radius 3 is 3.14 bits per heavy atom. The molecule has 1 aromatic carbocycles. The lowest BCUT2D eigenvalue weighted by molar-refractivity contribution is 0.523. The number of nitrogens with zero attached hydrogens (tertiary/aromatic N) is 2. The fourth-order valence-corrected chi connectivity index (χ4v) is 3.22. The van der Waals surface area contributed by atoms with Gasteiger partial charge in [0.25, 0.3) is 0 Å². The Morgan fingerprint density at radius 1 is 1.27 bits per heavy atom. The molecule has 0 saturated heterocycles. The van der Waals surface area contributed by atoms with Crippen molar-refractivity contribution in [1.82, 2.24) is 20.3 Å². The van der Waals surface area contributed by atoms with Gasteiger partial charge in [0.15, 0.2) is 0 Å². The minimum atomic E-state index is 0.282. The van der Waals surface area contributed by atoms with Crippen molar-refractivity contribution in [3.05, 3.63) is 52.9 Å². The van der Waals surface area contributed by atoms with Crippen molar-refractivity contribution in [2.75, 3.05) is 18.4 Å². The molecule has 3 N–H and O–H groups in total. The molecule has 0 aliphatic carbocycles. The second kappa shape index (κ2) is 5.59. The molecule has 2 aromatic heterocycles. The molecule has 0 radical (unpaired) electrons. The number of anilines is 1. The predicted molar refractivity (Wildman–Crippen MR) is 88.3 cm³/mol. The zero-order chi connectivity index (χ0) is 14.9. The smallest absolute Gasteiger partial charge is 0.144 e. The van der Waals surface area contributed by atoms with Gasteiger partial charge in [0.1, 0.15) is 22.9 Å². The van der Waals surface area contributed by atoms with E-state index >= 15 is 0 Å². The SMILES string of the molecule is Clc1cc2c(NCC3NCCc4ccccc43)ncnc2[nH]1. The Labute approximate surface area is 133 Å². The van der Waals surface area contributed by atoms with E-state index in [1.54, 1.807) is 6.33 Å². The van der Waals surface area contributed by atoms with Crippen LogP contribution in [0.4, 0.5) is 5.82 Å². The maximum Gasteiger partial charge on any atom is 0.144 e. The van der Waals surface area contributed by atoms with Crippen LogP contribution in [0.25, 0.3) is 11.0 Å². The van der Waals surface area contributed by atoms with Crippen LogP contribution in [-0.2, 0) is 6.42 Å². The number of nitrogens with one attached hydrogen (secondary N) is 3. The molecule has 0 bridgehead atoms. The zero-order valence-electron chi connectivity index (χ0n) is 11.9. The monoisotopic (exact) mass is 313 g/mol. The second-order valence-electron chi connectivity index (χ2n) is 5.44. The molecule has 5 nitrogen and oxygen atoms in total. The van der Waals surface area contributed by atoms with Gasteiger partial charge < -0.3 is 15.6 Å². The molecule has 0 spiro atoms. The molecule has 6 heteroatoms. The van der Waals surface area contributed by atoms with E-state index < -0.39 is 0 Å². The molecule has 112 valence electrons. The molecule has 3 heterocycles. The Bertz CT molecular complexity index is 813. The van der Waals surface area contributed by atoms with E-state index in [2.05, 4.69) is 49.9 Å². The molecule has 0 amide bonds. The molecular weight excluding hydrogens is 298 g/mol. The summed E-state index contributed by atoms with van der Waals surface area (Å²) in [5, 5.41) is 8.46. The highest BCUT2D eigenvalue weighted by Crippen LogP contribution is 2.25. The highest BCUT2D eigenvalue weighted by atomic mass is 35.5. The van der Waals surface area contributed by atoms with E-state index in [9.17, 15) is 0 Å². The molecular formula is C16H16ClN5. The van der Waals surface area contributed by atoms with Crippen molar-refractivity contribution in [3.63, 3.8) is 0 Å². The Morgan fingerprint density at radius 2 is 2.18 bits per heavy atom. The van der Waals surface area contributed by atoms with Crippen molar-refractivity contribution in [3.8, 4) is 0 Å².